The van der Waals surface area contributed by atoms with Gasteiger partial charge in [0.1, 0.15) is 0 Å². The normalized spacial score (nSPS) is 8.32. The first-order valence-corrected chi connectivity index (χ1v) is 6.76. The minimum absolute atomic E-state index is 0. The molecule has 3 rings (SSSR count). The summed E-state index contributed by atoms with van der Waals surface area (Å²) in [5.41, 5.74) is 1.10. The number of carboxylic acid groups (broad SMARTS) is 2. The average Bonchev–Trinajstić information content (AvgIpc) is 2.53. The van der Waals surface area contributed by atoms with Gasteiger partial charge in [-0.05, 0) is 23.6 Å². The molecule has 0 spiro atoms. The fourth-order valence-corrected chi connectivity index (χ4v) is 1.99. The largest absolute Gasteiger partial charge is 4.00 e. The summed E-state index contributed by atoms with van der Waals surface area (Å²) in [5, 5.41) is 33.0. The van der Waals surface area contributed by atoms with Crippen molar-refractivity contribution in [3.05, 3.63) is 64.3 Å². The number of carboxylic acids is 2. The van der Waals surface area contributed by atoms with Crippen LogP contribution in [0, 0.1) is 10.1 Å². The first-order valence-electron chi connectivity index (χ1n) is 6.76. The van der Waals surface area contributed by atoms with E-state index in [2.05, 4.69) is 4.98 Å². The second kappa shape index (κ2) is 14.0. The van der Waals surface area contributed by atoms with Crippen molar-refractivity contribution in [1.82, 2.24) is 17.3 Å². The van der Waals surface area contributed by atoms with Crippen molar-refractivity contribution in [3.8, 4) is 0 Å². The molecular formula is C16H20N4O7Pt+4. The van der Waals surface area contributed by atoms with Gasteiger partial charge in [0.25, 0.3) is 11.1 Å². The van der Waals surface area contributed by atoms with Crippen molar-refractivity contribution in [2.75, 3.05) is 0 Å². The summed E-state index contributed by atoms with van der Waals surface area (Å²) >= 11 is 0. The fourth-order valence-electron chi connectivity index (χ4n) is 1.99. The molecule has 0 bridgehead atoms. The van der Waals surface area contributed by atoms with Crippen LogP contribution in [0.2, 0.25) is 0 Å². The van der Waals surface area contributed by atoms with Crippen molar-refractivity contribution in [3.63, 3.8) is 0 Å². The number of aromatic nitrogens is 1. The van der Waals surface area contributed by atoms with Crippen molar-refractivity contribution in [2.45, 2.75) is 6.92 Å². The smallest absolute Gasteiger partial charge is 0.481 e. The summed E-state index contributed by atoms with van der Waals surface area (Å²) < 4.78 is 0. The number of fused-ring (bicyclic) bond motifs is 3. The van der Waals surface area contributed by atoms with Crippen LogP contribution in [0.4, 0.5) is 0 Å². The Morgan fingerprint density at radius 1 is 1.04 bits per heavy atom. The van der Waals surface area contributed by atoms with Crippen molar-refractivity contribution >= 4 is 33.6 Å². The zero-order valence-corrected chi connectivity index (χ0v) is 17.0. The van der Waals surface area contributed by atoms with Crippen molar-refractivity contribution in [1.29, 1.82) is 0 Å². The Labute approximate surface area is 173 Å². The number of nitrogens with zero attached hydrogens (tertiary/aromatic N) is 2. The third-order valence-corrected chi connectivity index (χ3v) is 2.84. The third-order valence-electron chi connectivity index (χ3n) is 2.84. The van der Waals surface area contributed by atoms with Crippen LogP contribution in [0.1, 0.15) is 17.3 Å². The predicted octanol–water partition coefficient (Wildman–Crippen LogP) is 3.15. The number of benzene rings is 2. The van der Waals surface area contributed by atoms with Crippen LogP contribution >= 0.6 is 0 Å². The van der Waals surface area contributed by atoms with Crippen LogP contribution < -0.4 is 12.3 Å². The van der Waals surface area contributed by atoms with E-state index in [0.717, 1.165) is 28.6 Å². The molecule has 0 atom stereocenters. The zero-order chi connectivity index (χ0) is 19.0. The van der Waals surface area contributed by atoms with Crippen LogP contribution in [0.3, 0.4) is 0 Å². The van der Waals surface area contributed by atoms with Gasteiger partial charge in [-0.3, -0.25) is 9.78 Å². The number of aliphatic carboxylic acids is 1. The number of carbonyl (C=O) groups is 2. The number of rotatable bonds is 1. The second-order valence-corrected chi connectivity index (χ2v) is 4.64. The standard InChI is InChI=1S/C14H9NO2.C2H4O2.HNO3.2H3N.Pt/c16-14(17)9-5-6-13-12(7-9)11-4-2-1-3-10(11)8-15-13;1-2(3)4;2-1(3)4;;;/h1-8H,(H,16,17);1H3,(H,3,4);(H,2,3,4);2*1H3;/q;;;;;+4. The van der Waals surface area contributed by atoms with Crippen LogP contribution in [0.25, 0.3) is 21.7 Å². The molecule has 0 amide bonds. The SMILES string of the molecule is CC(=O)O.N.N.O=C(O)c1ccc2ncc3ccccc3c2c1.O=[N+]([O-])O.[Pt+4]. The van der Waals surface area contributed by atoms with E-state index < -0.39 is 17.0 Å². The minimum atomic E-state index is -1.50. The monoisotopic (exact) mass is 575 g/mol. The van der Waals surface area contributed by atoms with Gasteiger partial charge >= 0.3 is 27.0 Å². The van der Waals surface area contributed by atoms with E-state index >= 15 is 0 Å². The van der Waals surface area contributed by atoms with Gasteiger partial charge in [-0.2, -0.15) is 0 Å². The molecule has 0 radical (unpaired) electrons. The summed E-state index contributed by atoms with van der Waals surface area (Å²) in [7, 11) is 0. The molecule has 0 saturated carbocycles. The predicted molar refractivity (Wildman–Crippen MR) is 98.3 cm³/mol. The number of aromatic carboxylic acids is 1. The van der Waals surface area contributed by atoms with Gasteiger partial charge in [0.15, 0.2) is 0 Å². The Hall–Kier alpha value is -3.14. The Balaban J connectivity index is -0.000000494. The van der Waals surface area contributed by atoms with Crippen LogP contribution in [0.15, 0.2) is 48.7 Å². The second-order valence-electron chi connectivity index (χ2n) is 4.64. The van der Waals surface area contributed by atoms with E-state index in [0.29, 0.717) is 0 Å². The molecule has 1 aromatic heterocycles. The molecule has 11 nitrogen and oxygen atoms in total. The Kier molecular flexibility index (Phi) is 14.8. The maximum atomic E-state index is 11.0. The minimum Gasteiger partial charge on any atom is -0.481 e. The van der Waals surface area contributed by atoms with Crippen molar-refractivity contribution in [2.24, 2.45) is 0 Å². The Morgan fingerprint density at radius 2 is 1.54 bits per heavy atom. The summed E-state index contributed by atoms with van der Waals surface area (Å²) in [6.07, 6.45) is 1.80. The van der Waals surface area contributed by atoms with E-state index in [-0.39, 0.29) is 38.9 Å². The Bertz CT molecular complexity index is 917. The topological polar surface area (TPSA) is 221 Å². The van der Waals surface area contributed by atoms with Gasteiger partial charge in [-0.15, -0.1) is 10.1 Å². The van der Waals surface area contributed by atoms with Gasteiger partial charge < -0.3 is 27.7 Å². The molecule has 0 fully saturated rings. The van der Waals surface area contributed by atoms with E-state index in [9.17, 15) is 4.79 Å². The van der Waals surface area contributed by atoms with Crippen molar-refractivity contribution < 1.29 is 51.2 Å². The summed E-state index contributed by atoms with van der Waals surface area (Å²) in [6, 6.07) is 12.8. The fraction of sp³-hybridized carbons (Fsp3) is 0.0625. The molecule has 1 heterocycles. The van der Waals surface area contributed by atoms with E-state index in [1.165, 1.54) is 0 Å². The number of pyridine rings is 1. The molecule has 2 aromatic carbocycles. The number of hydrogen-bond donors (Lipinski definition) is 5. The molecule has 12 heteroatoms. The van der Waals surface area contributed by atoms with E-state index in [1.807, 2.05) is 24.3 Å². The van der Waals surface area contributed by atoms with Gasteiger partial charge in [0.05, 0.1) is 11.1 Å². The molecule has 0 aliphatic carbocycles. The summed E-state index contributed by atoms with van der Waals surface area (Å²) in [5.74, 6) is -1.75. The zero-order valence-electron chi connectivity index (χ0n) is 14.7. The van der Waals surface area contributed by atoms with Crippen LogP contribution in [-0.4, -0.2) is 37.4 Å². The molecule has 0 aliphatic heterocycles. The first kappa shape index (κ1) is 29.6. The van der Waals surface area contributed by atoms with E-state index in [1.54, 1.807) is 24.4 Å². The Morgan fingerprint density at radius 3 is 2.04 bits per heavy atom. The molecule has 0 saturated heterocycles. The van der Waals surface area contributed by atoms with Crippen LogP contribution in [0.5, 0.6) is 0 Å². The molecule has 152 valence electrons. The van der Waals surface area contributed by atoms with Gasteiger partial charge in [0.2, 0.25) is 0 Å². The van der Waals surface area contributed by atoms with Gasteiger partial charge in [-0.1, -0.05) is 24.3 Å². The third kappa shape index (κ3) is 9.53. The van der Waals surface area contributed by atoms with Crippen LogP contribution in [-0.2, 0) is 25.9 Å². The average molecular weight is 575 g/mol. The molecule has 0 aliphatic rings. The van der Waals surface area contributed by atoms with Gasteiger partial charge in [-0.25, -0.2) is 4.79 Å². The summed E-state index contributed by atoms with van der Waals surface area (Å²) in [6.45, 7) is 1.08. The van der Waals surface area contributed by atoms with E-state index in [4.69, 9.17) is 30.3 Å². The first-order chi connectivity index (χ1) is 11.7. The molecular weight excluding hydrogens is 555 g/mol. The van der Waals surface area contributed by atoms with Gasteiger partial charge in [0, 0.05) is 23.9 Å². The quantitative estimate of drug-likeness (QED) is 0.162. The number of hydrogen-bond acceptors (Lipinski definition) is 7. The maximum Gasteiger partial charge on any atom is 4.00 e. The maximum absolute atomic E-state index is 11.0. The molecule has 9 N–H and O–H groups in total. The summed E-state index contributed by atoms with van der Waals surface area (Å²) in [4.78, 5) is 32.6. The molecule has 28 heavy (non-hydrogen) atoms. The molecule has 0 unspecified atom stereocenters. The molecule has 3 aromatic rings.